The van der Waals surface area contributed by atoms with Gasteiger partial charge in [0.25, 0.3) is 0 Å². The topological polar surface area (TPSA) is 52.5 Å². The number of benzene rings is 7. The summed E-state index contributed by atoms with van der Waals surface area (Å²) in [5.74, 6) is 0. The van der Waals surface area contributed by atoms with Crippen LogP contribution in [0.15, 0.2) is 176 Å². The molecule has 0 amide bonds. The molecule has 8 aromatic rings. The Morgan fingerprint density at radius 3 is 1.42 bits per heavy atom. The van der Waals surface area contributed by atoms with Gasteiger partial charge < -0.3 is 4.57 Å². The van der Waals surface area contributed by atoms with Crippen molar-refractivity contribution in [3.8, 4) is 29.0 Å². The van der Waals surface area contributed by atoms with Gasteiger partial charge in [0.05, 0.1) is 33.9 Å². The van der Waals surface area contributed by atoms with Gasteiger partial charge in [0.1, 0.15) is 6.07 Å². The fourth-order valence-electron chi connectivity index (χ4n) is 7.45. The Morgan fingerprint density at radius 1 is 0.438 bits per heavy atom. The lowest BCUT2D eigenvalue weighted by atomic mass is 10.00. The van der Waals surface area contributed by atoms with Crippen molar-refractivity contribution in [2.75, 3.05) is 0 Å². The van der Waals surface area contributed by atoms with Crippen LogP contribution in [-0.4, -0.2) is 12.6 Å². The molecule has 7 aromatic carbocycles. The first kappa shape index (κ1) is 29.0. The number of aromatic nitrogens is 1. The van der Waals surface area contributed by atoms with E-state index in [2.05, 4.69) is 138 Å². The molecule has 0 unspecified atom stereocenters. The molecule has 3 nitrogen and oxygen atoms in total. The molecule has 8 rings (SSSR count). The van der Waals surface area contributed by atoms with Crippen LogP contribution in [0.3, 0.4) is 0 Å². The van der Waals surface area contributed by atoms with E-state index in [4.69, 9.17) is 0 Å². The Bertz CT molecular complexity index is 2370. The van der Waals surface area contributed by atoms with Gasteiger partial charge in [0.2, 0.25) is 0 Å². The first-order valence-corrected chi connectivity index (χ1v) is 18.0. The van der Waals surface area contributed by atoms with Crippen LogP contribution >= 0.6 is 0 Å². The molecule has 0 fully saturated rings. The van der Waals surface area contributed by atoms with Crippen molar-refractivity contribution < 1.29 is 0 Å². The summed E-state index contributed by atoms with van der Waals surface area (Å²) in [4.78, 5) is 0. The lowest BCUT2D eigenvalue weighted by Gasteiger charge is -2.36. The van der Waals surface area contributed by atoms with Gasteiger partial charge in [0.15, 0.2) is 8.07 Å². The summed E-state index contributed by atoms with van der Waals surface area (Å²) in [6.07, 6.45) is 0. The standard InChI is InChI=1S/C44H29N3Si/c45-30-33-28-27-32(29-43(33)47-41-25-12-10-22-39(41)40-23-11-13-26-42(40)47)38-24-14-15-34(31-46)44(38)48(35-16-4-1-5-17-35,36-18-6-2-7-19-36)37-20-8-3-9-21-37/h1-29H. The zero-order valence-electron chi connectivity index (χ0n) is 26.1. The molecule has 1 aromatic heterocycles. The quantitative estimate of drug-likeness (QED) is 0.141. The fourth-order valence-corrected chi connectivity index (χ4v) is 12.6. The SMILES string of the molecule is N#Cc1ccc(-c2cccc(C#N)c2[Si](c2ccccc2)(c2ccccc2)c2ccccc2)cc1-n1c2ccccc2c2ccccc21. The predicted octanol–water partition coefficient (Wildman–Crippen LogP) is 7.57. The van der Waals surface area contributed by atoms with Crippen LogP contribution in [0, 0.1) is 22.7 Å². The van der Waals surface area contributed by atoms with Crippen LogP contribution in [0.1, 0.15) is 11.1 Å². The highest BCUT2D eigenvalue weighted by atomic mass is 28.3. The second kappa shape index (κ2) is 12.0. The van der Waals surface area contributed by atoms with E-state index in [1.54, 1.807) is 0 Å². The van der Waals surface area contributed by atoms with E-state index in [0.29, 0.717) is 11.1 Å². The van der Waals surface area contributed by atoms with Gasteiger partial charge in [0, 0.05) is 10.8 Å². The average Bonchev–Trinajstić information content (AvgIpc) is 3.50. The van der Waals surface area contributed by atoms with Crippen LogP contribution in [0.25, 0.3) is 38.6 Å². The van der Waals surface area contributed by atoms with Crippen molar-refractivity contribution >= 4 is 50.6 Å². The van der Waals surface area contributed by atoms with Crippen LogP contribution in [0.2, 0.25) is 0 Å². The maximum atomic E-state index is 10.8. The summed E-state index contributed by atoms with van der Waals surface area (Å²) in [6.45, 7) is 0. The van der Waals surface area contributed by atoms with Gasteiger partial charge in [-0.2, -0.15) is 10.5 Å². The van der Waals surface area contributed by atoms with Gasteiger partial charge in [-0.05, 0) is 62.2 Å². The maximum Gasteiger partial charge on any atom is 0.181 e. The van der Waals surface area contributed by atoms with Crippen LogP contribution in [0.5, 0.6) is 0 Å². The van der Waals surface area contributed by atoms with Gasteiger partial charge >= 0.3 is 0 Å². The predicted molar refractivity (Wildman–Crippen MR) is 199 cm³/mol. The first-order chi connectivity index (χ1) is 23.8. The van der Waals surface area contributed by atoms with E-state index in [0.717, 1.165) is 43.8 Å². The molecular weight excluding hydrogens is 599 g/mol. The molecule has 1 heterocycles. The fraction of sp³-hybridized carbons (Fsp3) is 0. The second-order valence-corrected chi connectivity index (χ2v) is 15.6. The third kappa shape index (κ3) is 4.48. The summed E-state index contributed by atoms with van der Waals surface area (Å²) in [6, 6.07) is 66.0. The van der Waals surface area contributed by atoms with E-state index >= 15 is 0 Å². The van der Waals surface area contributed by atoms with Crippen LogP contribution in [-0.2, 0) is 0 Å². The van der Waals surface area contributed by atoms with Crippen molar-refractivity contribution in [2.24, 2.45) is 0 Å². The Morgan fingerprint density at radius 2 is 0.917 bits per heavy atom. The molecule has 4 heteroatoms. The highest BCUT2D eigenvalue weighted by molar-refractivity contribution is 7.20. The van der Waals surface area contributed by atoms with E-state index in [1.807, 2.05) is 54.6 Å². The molecule has 0 atom stereocenters. The van der Waals surface area contributed by atoms with Gasteiger partial charge in [-0.1, -0.05) is 146 Å². The molecule has 0 aliphatic rings. The van der Waals surface area contributed by atoms with Crippen molar-refractivity contribution in [3.63, 3.8) is 0 Å². The maximum absolute atomic E-state index is 10.8. The van der Waals surface area contributed by atoms with E-state index < -0.39 is 8.07 Å². The summed E-state index contributed by atoms with van der Waals surface area (Å²) < 4.78 is 2.21. The minimum absolute atomic E-state index is 0.584. The number of hydrogen-bond donors (Lipinski definition) is 0. The molecule has 0 aliphatic carbocycles. The largest absolute Gasteiger partial charge is 0.308 e. The molecule has 224 valence electrons. The Kier molecular flexibility index (Phi) is 7.27. The molecular formula is C44H29N3Si. The molecule has 0 spiro atoms. The van der Waals surface area contributed by atoms with Crippen molar-refractivity contribution in [1.82, 2.24) is 4.57 Å². The van der Waals surface area contributed by atoms with Crippen LogP contribution in [0.4, 0.5) is 0 Å². The zero-order chi connectivity index (χ0) is 32.5. The summed E-state index contributed by atoms with van der Waals surface area (Å²) in [5.41, 5.74) is 6.08. The molecule has 0 aliphatic heterocycles. The van der Waals surface area contributed by atoms with E-state index in [-0.39, 0.29) is 0 Å². The Balaban J connectivity index is 1.50. The second-order valence-electron chi connectivity index (χ2n) is 11.9. The van der Waals surface area contributed by atoms with Crippen molar-refractivity contribution in [1.29, 1.82) is 10.5 Å². The molecule has 0 N–H and O–H groups in total. The highest BCUT2D eigenvalue weighted by Crippen LogP contribution is 2.35. The molecule has 0 bridgehead atoms. The monoisotopic (exact) mass is 627 g/mol. The Labute approximate surface area is 280 Å². The highest BCUT2D eigenvalue weighted by Gasteiger charge is 2.44. The normalized spacial score (nSPS) is 11.3. The molecule has 0 radical (unpaired) electrons. The number of para-hydroxylation sites is 2. The third-order valence-corrected chi connectivity index (χ3v) is 14.3. The summed E-state index contributed by atoms with van der Waals surface area (Å²) in [5, 5.41) is 28.2. The van der Waals surface area contributed by atoms with Gasteiger partial charge in [-0.25, -0.2) is 0 Å². The van der Waals surface area contributed by atoms with E-state index in [9.17, 15) is 10.5 Å². The molecule has 0 saturated heterocycles. The minimum Gasteiger partial charge on any atom is -0.308 e. The average molecular weight is 628 g/mol. The van der Waals surface area contributed by atoms with Crippen molar-refractivity contribution in [2.45, 2.75) is 0 Å². The lowest BCUT2D eigenvalue weighted by molar-refractivity contribution is 1.17. The lowest BCUT2D eigenvalue weighted by Crippen LogP contribution is -2.75. The third-order valence-electron chi connectivity index (χ3n) is 9.43. The van der Waals surface area contributed by atoms with Gasteiger partial charge in [-0.15, -0.1) is 0 Å². The number of nitriles is 2. The van der Waals surface area contributed by atoms with Crippen molar-refractivity contribution in [3.05, 3.63) is 187 Å². The smallest absolute Gasteiger partial charge is 0.181 e. The zero-order valence-corrected chi connectivity index (χ0v) is 27.1. The Hall–Kier alpha value is -6.46. The van der Waals surface area contributed by atoms with Crippen LogP contribution < -0.4 is 20.7 Å². The number of rotatable bonds is 6. The van der Waals surface area contributed by atoms with E-state index in [1.165, 1.54) is 15.6 Å². The molecule has 48 heavy (non-hydrogen) atoms. The van der Waals surface area contributed by atoms with Gasteiger partial charge in [-0.3, -0.25) is 0 Å². The molecule has 0 saturated carbocycles. The summed E-state index contributed by atoms with van der Waals surface area (Å²) in [7, 11) is -3.08. The number of hydrogen-bond acceptors (Lipinski definition) is 2. The minimum atomic E-state index is -3.08. The number of nitrogens with zero attached hydrogens (tertiary/aromatic N) is 3. The first-order valence-electron chi connectivity index (χ1n) is 16.0. The number of fused-ring (bicyclic) bond motifs is 3. The summed E-state index contributed by atoms with van der Waals surface area (Å²) >= 11 is 0.